The summed E-state index contributed by atoms with van der Waals surface area (Å²) in [4.78, 5) is 28.3. The minimum absolute atomic E-state index is 0.0378. The fourth-order valence-corrected chi connectivity index (χ4v) is 4.49. The van der Waals surface area contributed by atoms with Crippen molar-refractivity contribution in [3.8, 4) is 11.5 Å². The first-order valence-electron chi connectivity index (χ1n) is 9.42. The Morgan fingerprint density at radius 2 is 2.00 bits per heavy atom. The Hall–Kier alpha value is -2.51. The molecule has 0 radical (unpaired) electrons. The van der Waals surface area contributed by atoms with Crippen molar-refractivity contribution in [3.05, 3.63) is 66.4 Å². The predicted molar refractivity (Wildman–Crippen MR) is 118 cm³/mol. The van der Waals surface area contributed by atoms with Crippen LogP contribution in [0.4, 0.5) is 0 Å². The maximum absolute atomic E-state index is 13.5. The molecule has 1 unspecified atom stereocenters. The number of carbonyl (C=O) groups is 1. The number of phenols is 1. The molecule has 1 atom stereocenters. The van der Waals surface area contributed by atoms with Gasteiger partial charge in [-0.05, 0) is 64.7 Å². The summed E-state index contributed by atoms with van der Waals surface area (Å²) in [7, 11) is 1.44. The van der Waals surface area contributed by atoms with Gasteiger partial charge in [0.25, 0.3) is 5.91 Å². The molecule has 0 saturated carbocycles. The number of fused-ring (bicyclic) bond motifs is 2. The van der Waals surface area contributed by atoms with Crippen molar-refractivity contribution in [2.24, 2.45) is 0 Å². The molecule has 0 aliphatic carbocycles. The molecule has 1 amide bonds. The number of halogens is 2. The van der Waals surface area contributed by atoms with Gasteiger partial charge in [-0.3, -0.25) is 9.59 Å². The van der Waals surface area contributed by atoms with Crippen molar-refractivity contribution in [2.75, 3.05) is 13.7 Å². The molecule has 1 aromatic heterocycles. The van der Waals surface area contributed by atoms with Crippen LogP contribution in [0.3, 0.4) is 0 Å². The molecule has 1 aliphatic heterocycles. The third-order valence-electron chi connectivity index (χ3n) is 5.30. The van der Waals surface area contributed by atoms with E-state index >= 15 is 0 Å². The molecule has 0 fully saturated rings. The van der Waals surface area contributed by atoms with E-state index in [4.69, 9.17) is 20.8 Å². The van der Waals surface area contributed by atoms with Gasteiger partial charge in [-0.25, -0.2) is 0 Å². The first-order chi connectivity index (χ1) is 14.3. The quantitative estimate of drug-likeness (QED) is 0.542. The Bertz CT molecular complexity index is 1250. The van der Waals surface area contributed by atoms with Crippen molar-refractivity contribution in [3.63, 3.8) is 0 Å². The van der Waals surface area contributed by atoms with E-state index in [1.54, 1.807) is 29.2 Å². The molecular weight excluding hydrogens is 474 g/mol. The van der Waals surface area contributed by atoms with Crippen molar-refractivity contribution >= 4 is 44.4 Å². The average molecular weight is 493 g/mol. The Balaban J connectivity index is 2.04. The minimum atomic E-state index is -0.668. The highest BCUT2D eigenvalue weighted by Gasteiger charge is 2.42. The molecule has 30 heavy (non-hydrogen) atoms. The Morgan fingerprint density at radius 3 is 2.67 bits per heavy atom. The summed E-state index contributed by atoms with van der Waals surface area (Å²) in [6, 6.07) is 5.89. The number of hydrogen-bond donors (Lipinski definition) is 1. The van der Waals surface area contributed by atoms with Crippen LogP contribution in [0, 0.1) is 6.92 Å². The summed E-state index contributed by atoms with van der Waals surface area (Å²) in [5.74, 6) is -0.122. The van der Waals surface area contributed by atoms with Crippen molar-refractivity contribution in [1.29, 1.82) is 0 Å². The maximum atomic E-state index is 13.5. The van der Waals surface area contributed by atoms with Crippen molar-refractivity contribution < 1.29 is 19.1 Å². The Labute approximate surface area is 186 Å². The summed E-state index contributed by atoms with van der Waals surface area (Å²) in [5.41, 5.74) is 1.68. The van der Waals surface area contributed by atoms with Gasteiger partial charge >= 0.3 is 0 Å². The number of carbonyl (C=O) groups excluding carboxylic acids is 1. The molecule has 0 saturated heterocycles. The summed E-state index contributed by atoms with van der Waals surface area (Å²) < 4.78 is 11.6. The molecule has 8 heteroatoms. The van der Waals surface area contributed by atoms with Gasteiger partial charge < -0.3 is 19.2 Å². The number of methoxy groups -OCH3 is 1. The van der Waals surface area contributed by atoms with Gasteiger partial charge in [0.2, 0.25) is 5.76 Å². The van der Waals surface area contributed by atoms with E-state index in [9.17, 15) is 14.7 Å². The molecule has 2 aromatic carbocycles. The number of amides is 1. The molecule has 1 aliphatic rings. The van der Waals surface area contributed by atoms with E-state index in [0.717, 1.165) is 5.56 Å². The minimum Gasteiger partial charge on any atom is -0.503 e. The lowest BCUT2D eigenvalue weighted by Gasteiger charge is -2.25. The van der Waals surface area contributed by atoms with E-state index in [2.05, 4.69) is 15.9 Å². The zero-order valence-electron chi connectivity index (χ0n) is 16.6. The zero-order valence-corrected chi connectivity index (χ0v) is 18.9. The van der Waals surface area contributed by atoms with Gasteiger partial charge in [0.05, 0.1) is 28.6 Å². The number of benzene rings is 2. The van der Waals surface area contributed by atoms with Crippen molar-refractivity contribution in [2.45, 2.75) is 26.3 Å². The van der Waals surface area contributed by atoms with E-state index in [-0.39, 0.29) is 34.2 Å². The lowest BCUT2D eigenvalue weighted by molar-refractivity contribution is 0.0728. The number of rotatable bonds is 4. The number of aryl methyl sites for hydroxylation is 1. The second kappa shape index (κ2) is 7.63. The lowest BCUT2D eigenvalue weighted by Crippen LogP contribution is -2.30. The van der Waals surface area contributed by atoms with Crippen LogP contribution in [0.15, 0.2) is 37.9 Å². The smallest absolute Gasteiger partial charge is 0.290 e. The van der Waals surface area contributed by atoms with Gasteiger partial charge in [-0.1, -0.05) is 18.5 Å². The summed E-state index contributed by atoms with van der Waals surface area (Å²) in [6.07, 6.45) is 0.700. The number of nitrogens with zero attached hydrogens (tertiary/aromatic N) is 1. The van der Waals surface area contributed by atoms with Gasteiger partial charge in [0.1, 0.15) is 5.58 Å². The Kier molecular flexibility index (Phi) is 5.28. The molecule has 156 valence electrons. The number of phenolic OH excluding ortho intramolecular Hbond substituents is 1. The third-order valence-corrected chi connectivity index (χ3v) is 6.31. The molecular formula is C22H19BrClNO5. The normalized spacial score (nSPS) is 15.7. The highest BCUT2D eigenvalue weighted by Crippen LogP contribution is 2.43. The fraction of sp³-hybridized carbons (Fsp3) is 0.273. The van der Waals surface area contributed by atoms with Crippen LogP contribution in [-0.4, -0.2) is 29.6 Å². The van der Waals surface area contributed by atoms with Gasteiger partial charge in [0.15, 0.2) is 16.9 Å². The highest BCUT2D eigenvalue weighted by molar-refractivity contribution is 9.10. The largest absolute Gasteiger partial charge is 0.503 e. The number of hydrogen-bond acceptors (Lipinski definition) is 5. The summed E-state index contributed by atoms with van der Waals surface area (Å²) >= 11 is 9.56. The second-order valence-corrected chi connectivity index (χ2v) is 8.49. The maximum Gasteiger partial charge on any atom is 0.290 e. The van der Waals surface area contributed by atoms with Crippen LogP contribution in [0.25, 0.3) is 11.0 Å². The van der Waals surface area contributed by atoms with Crippen LogP contribution in [0.2, 0.25) is 5.02 Å². The van der Waals surface area contributed by atoms with E-state index in [1.165, 1.54) is 7.11 Å². The van der Waals surface area contributed by atoms with Crippen LogP contribution in [-0.2, 0) is 0 Å². The SMILES string of the molecule is CCCN1C(=O)c2oc3cc(C)c(Cl)cc3c(=O)c2C1c1cc(Br)c(O)c(OC)c1. The first-order valence-corrected chi connectivity index (χ1v) is 10.6. The van der Waals surface area contributed by atoms with Crippen LogP contribution >= 0.6 is 27.5 Å². The van der Waals surface area contributed by atoms with E-state index in [1.807, 2.05) is 13.8 Å². The number of ether oxygens (including phenoxy) is 1. The number of aromatic hydroxyl groups is 1. The third kappa shape index (κ3) is 3.08. The summed E-state index contributed by atoms with van der Waals surface area (Å²) in [5, 5.41) is 11.0. The molecule has 2 heterocycles. The predicted octanol–water partition coefficient (Wildman–Crippen LogP) is 5.19. The molecule has 0 bridgehead atoms. The molecule has 3 aromatic rings. The van der Waals surface area contributed by atoms with Crippen LogP contribution in [0.5, 0.6) is 11.5 Å². The standard InChI is InChI=1S/C22H19BrClNO5/c1-4-5-25-18(11-7-13(23)20(27)16(8-11)29-3)17-19(26)12-9-14(24)10(2)6-15(12)30-21(17)22(25)28/h6-9,18,27H,4-5H2,1-3H3. The highest BCUT2D eigenvalue weighted by atomic mass is 79.9. The molecule has 1 N–H and O–H groups in total. The van der Waals surface area contributed by atoms with E-state index < -0.39 is 6.04 Å². The van der Waals surface area contributed by atoms with Gasteiger partial charge in [-0.15, -0.1) is 0 Å². The zero-order chi connectivity index (χ0) is 21.7. The van der Waals surface area contributed by atoms with E-state index in [0.29, 0.717) is 39.0 Å². The topological polar surface area (TPSA) is 80.0 Å². The average Bonchev–Trinajstić information content (AvgIpc) is 2.98. The summed E-state index contributed by atoms with van der Waals surface area (Å²) in [6.45, 7) is 4.20. The molecule has 6 nitrogen and oxygen atoms in total. The second-order valence-electron chi connectivity index (χ2n) is 7.23. The van der Waals surface area contributed by atoms with Crippen LogP contribution < -0.4 is 10.2 Å². The monoisotopic (exact) mass is 491 g/mol. The molecule has 0 spiro atoms. The first kappa shape index (κ1) is 20.8. The van der Waals surface area contributed by atoms with Crippen molar-refractivity contribution in [1.82, 2.24) is 4.90 Å². The Morgan fingerprint density at radius 1 is 1.27 bits per heavy atom. The van der Waals surface area contributed by atoms with Gasteiger partial charge in [-0.2, -0.15) is 0 Å². The fourth-order valence-electron chi connectivity index (χ4n) is 3.87. The lowest BCUT2D eigenvalue weighted by atomic mass is 9.97. The van der Waals surface area contributed by atoms with Gasteiger partial charge in [0, 0.05) is 11.6 Å². The molecule has 4 rings (SSSR count). The van der Waals surface area contributed by atoms with Crippen LogP contribution in [0.1, 0.15) is 46.6 Å².